The van der Waals surface area contributed by atoms with Gasteiger partial charge in [0.1, 0.15) is 11.6 Å². The molecule has 156 valence electrons. The number of carbonyl (C=O) groups excluding carboxylic acids is 1. The summed E-state index contributed by atoms with van der Waals surface area (Å²) >= 11 is 1.42. The van der Waals surface area contributed by atoms with E-state index >= 15 is 0 Å². The number of hydrogen-bond donors (Lipinski definition) is 0. The van der Waals surface area contributed by atoms with Crippen molar-refractivity contribution in [2.45, 2.75) is 51.2 Å². The van der Waals surface area contributed by atoms with Gasteiger partial charge < -0.3 is 9.32 Å². The number of benzene rings is 1. The van der Waals surface area contributed by atoms with Crippen LogP contribution in [0.25, 0.3) is 5.69 Å². The van der Waals surface area contributed by atoms with Gasteiger partial charge in [-0.15, -0.1) is 10.2 Å². The van der Waals surface area contributed by atoms with Crippen LogP contribution in [0.5, 0.6) is 0 Å². The lowest BCUT2D eigenvalue weighted by atomic mass is 10.0. The van der Waals surface area contributed by atoms with Gasteiger partial charge in [-0.05, 0) is 69.4 Å². The Hall–Kier alpha value is -2.80. The van der Waals surface area contributed by atoms with Crippen molar-refractivity contribution in [3.63, 3.8) is 0 Å². The molecule has 7 heteroatoms. The zero-order chi connectivity index (χ0) is 20.9. The summed E-state index contributed by atoms with van der Waals surface area (Å²) in [6.07, 6.45) is 8.08. The van der Waals surface area contributed by atoms with E-state index in [1.165, 1.54) is 23.7 Å². The highest BCUT2D eigenvalue weighted by atomic mass is 32.2. The molecule has 0 aliphatic heterocycles. The maximum atomic E-state index is 13.2. The topological polar surface area (TPSA) is 64.2 Å². The molecule has 0 radical (unpaired) electrons. The Kier molecular flexibility index (Phi) is 6.38. The fourth-order valence-corrected chi connectivity index (χ4v) is 4.55. The van der Waals surface area contributed by atoms with Crippen molar-refractivity contribution < 1.29 is 9.21 Å². The number of amides is 1. The lowest BCUT2D eigenvalue weighted by molar-refractivity contribution is -0.127. The Morgan fingerprint density at radius 1 is 1.20 bits per heavy atom. The van der Waals surface area contributed by atoms with Gasteiger partial charge in [-0.3, -0.25) is 9.36 Å². The van der Waals surface area contributed by atoms with Gasteiger partial charge in [-0.25, -0.2) is 0 Å². The van der Waals surface area contributed by atoms with E-state index in [0.29, 0.717) is 12.3 Å². The lowest BCUT2D eigenvalue weighted by Gasteiger charge is -2.27. The largest absolute Gasteiger partial charge is 0.467 e. The average Bonchev–Trinajstić information content (AvgIpc) is 3.40. The van der Waals surface area contributed by atoms with Crippen LogP contribution in [0, 0.1) is 13.8 Å². The zero-order valence-electron chi connectivity index (χ0n) is 17.4. The predicted molar refractivity (Wildman–Crippen MR) is 117 cm³/mol. The molecule has 0 saturated carbocycles. The molecule has 6 nitrogen and oxygen atoms in total. The van der Waals surface area contributed by atoms with Gasteiger partial charge in [0.15, 0.2) is 5.16 Å². The van der Waals surface area contributed by atoms with Crippen molar-refractivity contribution in [2.24, 2.45) is 0 Å². The molecule has 1 aliphatic rings. The molecule has 0 N–H and O–H groups in total. The third-order valence-corrected chi connectivity index (χ3v) is 6.10. The van der Waals surface area contributed by atoms with E-state index in [-0.39, 0.29) is 5.91 Å². The summed E-state index contributed by atoms with van der Waals surface area (Å²) in [6, 6.07) is 12.0. The molecule has 0 atom stereocenters. The first-order chi connectivity index (χ1) is 14.6. The van der Waals surface area contributed by atoms with Crippen molar-refractivity contribution in [1.82, 2.24) is 19.7 Å². The second-order valence-corrected chi connectivity index (χ2v) is 8.44. The van der Waals surface area contributed by atoms with Crippen LogP contribution in [-0.2, 0) is 11.3 Å². The number of furan rings is 1. The molecule has 0 unspecified atom stereocenters. The maximum Gasteiger partial charge on any atom is 0.237 e. The number of carbonyl (C=O) groups is 1. The molecule has 0 fully saturated rings. The van der Waals surface area contributed by atoms with Crippen molar-refractivity contribution in [2.75, 3.05) is 5.75 Å². The molecule has 1 amide bonds. The second-order valence-electron chi connectivity index (χ2n) is 7.49. The minimum Gasteiger partial charge on any atom is -0.467 e. The number of nitrogens with zero attached hydrogens (tertiary/aromatic N) is 4. The standard InChI is InChI=1S/C23H26N4O2S/c1-17-8-6-11-20(14-17)27-18(2)24-25-23(27)30-16-22(28)26(15-21-12-7-13-29-21)19-9-4-3-5-10-19/h6-9,11-14H,3-5,10,15-16H2,1-2H3. The van der Waals surface area contributed by atoms with Gasteiger partial charge in [0.2, 0.25) is 5.91 Å². The fourth-order valence-electron chi connectivity index (χ4n) is 3.68. The molecule has 1 aliphatic carbocycles. The van der Waals surface area contributed by atoms with Gasteiger partial charge in [-0.2, -0.15) is 0 Å². The Balaban J connectivity index is 1.52. The van der Waals surface area contributed by atoms with Gasteiger partial charge in [0.05, 0.1) is 18.6 Å². The predicted octanol–water partition coefficient (Wildman–Crippen LogP) is 5.06. The van der Waals surface area contributed by atoms with Crippen LogP contribution >= 0.6 is 11.8 Å². The van der Waals surface area contributed by atoms with Gasteiger partial charge in [-0.1, -0.05) is 30.0 Å². The molecule has 1 aromatic carbocycles. The van der Waals surface area contributed by atoms with E-state index in [1.54, 1.807) is 6.26 Å². The first kappa shape index (κ1) is 20.5. The molecular formula is C23H26N4O2S. The van der Waals surface area contributed by atoms with Crippen molar-refractivity contribution in [3.05, 3.63) is 71.6 Å². The highest BCUT2D eigenvalue weighted by molar-refractivity contribution is 7.99. The summed E-state index contributed by atoms with van der Waals surface area (Å²) in [5.74, 6) is 1.94. The van der Waals surface area contributed by atoms with Crippen LogP contribution in [0.2, 0.25) is 0 Å². The molecule has 30 heavy (non-hydrogen) atoms. The number of hydrogen-bond acceptors (Lipinski definition) is 5. The van der Waals surface area contributed by atoms with Crippen LogP contribution in [0.4, 0.5) is 0 Å². The SMILES string of the molecule is Cc1cccc(-n2c(C)nnc2SCC(=O)N(Cc2ccco2)C2=CCCCC2)c1. The van der Waals surface area contributed by atoms with Crippen molar-refractivity contribution in [1.29, 1.82) is 0 Å². The third kappa shape index (κ3) is 4.67. The molecule has 4 rings (SSSR count). The number of rotatable bonds is 7. The van der Waals surface area contributed by atoms with E-state index in [2.05, 4.69) is 35.3 Å². The summed E-state index contributed by atoms with van der Waals surface area (Å²) in [5, 5.41) is 9.27. The molecule has 2 heterocycles. The molecule has 3 aromatic rings. The monoisotopic (exact) mass is 422 g/mol. The maximum absolute atomic E-state index is 13.2. The summed E-state index contributed by atoms with van der Waals surface area (Å²) in [5.41, 5.74) is 3.27. The lowest BCUT2D eigenvalue weighted by Crippen LogP contribution is -2.32. The van der Waals surface area contributed by atoms with Gasteiger partial charge in [0, 0.05) is 11.4 Å². The molecule has 0 saturated heterocycles. The van der Waals surface area contributed by atoms with E-state index in [1.807, 2.05) is 40.7 Å². The number of thioether (sulfide) groups is 1. The van der Waals surface area contributed by atoms with E-state index in [0.717, 1.165) is 47.4 Å². The van der Waals surface area contributed by atoms with E-state index in [9.17, 15) is 4.79 Å². The molecule has 0 bridgehead atoms. The van der Waals surface area contributed by atoms with Crippen LogP contribution in [0.1, 0.15) is 42.8 Å². The van der Waals surface area contributed by atoms with Crippen LogP contribution in [0.15, 0.2) is 64.0 Å². The quantitative estimate of drug-likeness (QED) is 0.498. The highest BCUT2D eigenvalue weighted by Crippen LogP contribution is 2.26. The fraction of sp³-hybridized carbons (Fsp3) is 0.348. The number of aromatic nitrogens is 3. The summed E-state index contributed by atoms with van der Waals surface area (Å²) < 4.78 is 7.51. The minimum atomic E-state index is 0.0565. The zero-order valence-corrected chi connectivity index (χ0v) is 18.2. The Labute approximate surface area is 181 Å². The van der Waals surface area contributed by atoms with Gasteiger partial charge in [0.25, 0.3) is 0 Å². The summed E-state index contributed by atoms with van der Waals surface area (Å²) in [4.78, 5) is 15.1. The van der Waals surface area contributed by atoms with Crippen LogP contribution < -0.4 is 0 Å². The summed E-state index contributed by atoms with van der Waals surface area (Å²) in [6.45, 7) is 4.45. The normalized spacial score (nSPS) is 13.9. The molecule has 0 spiro atoms. The van der Waals surface area contributed by atoms with Gasteiger partial charge >= 0.3 is 0 Å². The Bertz CT molecular complexity index is 1040. The molecular weight excluding hydrogens is 396 g/mol. The average molecular weight is 423 g/mol. The highest BCUT2D eigenvalue weighted by Gasteiger charge is 2.22. The minimum absolute atomic E-state index is 0.0565. The van der Waals surface area contributed by atoms with Crippen LogP contribution in [-0.4, -0.2) is 31.3 Å². The Morgan fingerprint density at radius 2 is 2.10 bits per heavy atom. The summed E-state index contributed by atoms with van der Waals surface area (Å²) in [7, 11) is 0. The second kappa shape index (κ2) is 9.34. The van der Waals surface area contributed by atoms with E-state index in [4.69, 9.17) is 4.42 Å². The number of aryl methyl sites for hydroxylation is 2. The third-order valence-electron chi connectivity index (χ3n) is 5.19. The first-order valence-corrected chi connectivity index (χ1v) is 11.2. The molecule has 2 aromatic heterocycles. The van der Waals surface area contributed by atoms with Crippen molar-refractivity contribution >= 4 is 17.7 Å². The number of allylic oxidation sites excluding steroid dienone is 2. The smallest absolute Gasteiger partial charge is 0.237 e. The first-order valence-electron chi connectivity index (χ1n) is 10.3. The Morgan fingerprint density at radius 3 is 2.83 bits per heavy atom. The van der Waals surface area contributed by atoms with Crippen LogP contribution in [0.3, 0.4) is 0 Å². The van der Waals surface area contributed by atoms with E-state index < -0.39 is 0 Å². The van der Waals surface area contributed by atoms with Crippen molar-refractivity contribution in [3.8, 4) is 5.69 Å².